The van der Waals surface area contributed by atoms with Crippen molar-refractivity contribution in [3.05, 3.63) is 22.4 Å². The van der Waals surface area contributed by atoms with Gasteiger partial charge in [0.1, 0.15) is 11.6 Å². The minimum absolute atomic E-state index is 0.0326. The number of amides is 2. The topological polar surface area (TPSA) is 49.4 Å². The van der Waals surface area contributed by atoms with E-state index in [9.17, 15) is 9.59 Å². The lowest BCUT2D eigenvalue weighted by atomic mass is 9.90. The van der Waals surface area contributed by atoms with Gasteiger partial charge in [0.25, 0.3) is 0 Å². The zero-order valence-corrected chi connectivity index (χ0v) is 13.2. The second-order valence-electron chi connectivity index (χ2n) is 6.03. The van der Waals surface area contributed by atoms with Crippen LogP contribution in [-0.2, 0) is 16.0 Å². The molecule has 2 fully saturated rings. The van der Waals surface area contributed by atoms with Crippen LogP contribution in [0.1, 0.15) is 43.9 Å². The van der Waals surface area contributed by atoms with Crippen LogP contribution in [0.2, 0.25) is 0 Å². The van der Waals surface area contributed by atoms with Crippen LogP contribution in [0.15, 0.2) is 17.5 Å². The molecule has 2 heterocycles. The molecule has 4 nitrogen and oxygen atoms in total. The van der Waals surface area contributed by atoms with E-state index in [1.54, 1.807) is 11.3 Å². The van der Waals surface area contributed by atoms with Crippen LogP contribution in [0.4, 0.5) is 0 Å². The van der Waals surface area contributed by atoms with Crippen molar-refractivity contribution in [2.24, 2.45) is 0 Å². The van der Waals surface area contributed by atoms with Gasteiger partial charge in [-0.15, -0.1) is 11.3 Å². The van der Waals surface area contributed by atoms with Gasteiger partial charge in [0.2, 0.25) is 11.8 Å². The van der Waals surface area contributed by atoms with Crippen molar-refractivity contribution in [3.8, 4) is 0 Å². The Morgan fingerprint density at radius 1 is 1.38 bits per heavy atom. The number of rotatable bonds is 4. The average Bonchev–Trinajstić information content (AvgIpc) is 3.13. The molecule has 1 aliphatic carbocycles. The van der Waals surface area contributed by atoms with Crippen molar-refractivity contribution in [3.63, 3.8) is 0 Å². The third-order valence-corrected chi connectivity index (χ3v) is 5.67. The van der Waals surface area contributed by atoms with E-state index in [2.05, 4.69) is 16.8 Å². The summed E-state index contributed by atoms with van der Waals surface area (Å²) in [6.07, 6.45) is 5.16. The number of thiophene rings is 1. The first-order valence-electron chi connectivity index (χ1n) is 7.82. The SMILES string of the molecule is CCC1C(=O)NC2(CCCC2)C(=O)N1CCc1cccs1. The molecule has 0 bridgehead atoms. The maximum absolute atomic E-state index is 12.9. The lowest BCUT2D eigenvalue weighted by Gasteiger charge is -2.44. The van der Waals surface area contributed by atoms with Gasteiger partial charge in [-0.1, -0.05) is 25.8 Å². The Bertz CT molecular complexity index is 520. The van der Waals surface area contributed by atoms with Crippen LogP contribution in [0.25, 0.3) is 0 Å². The van der Waals surface area contributed by atoms with E-state index < -0.39 is 5.54 Å². The predicted octanol–water partition coefficient (Wildman–Crippen LogP) is 2.34. The standard InChI is InChI=1S/C16H22N2O2S/c1-2-13-14(19)17-16(8-3-4-9-16)15(20)18(13)10-7-12-6-5-11-21-12/h5-6,11,13H,2-4,7-10H2,1H3,(H,17,19). The fourth-order valence-corrected chi connectivity index (χ4v) is 4.29. The number of carbonyl (C=O) groups is 2. The van der Waals surface area contributed by atoms with Gasteiger partial charge in [-0.25, -0.2) is 0 Å². The zero-order chi connectivity index (χ0) is 14.9. The molecule has 114 valence electrons. The van der Waals surface area contributed by atoms with Crippen LogP contribution in [0, 0.1) is 0 Å². The predicted molar refractivity (Wildman–Crippen MR) is 83.2 cm³/mol. The van der Waals surface area contributed by atoms with Gasteiger partial charge in [-0.2, -0.15) is 0 Å². The van der Waals surface area contributed by atoms with Gasteiger partial charge in [0.15, 0.2) is 0 Å². The Morgan fingerprint density at radius 3 is 2.76 bits per heavy atom. The molecule has 1 saturated heterocycles. The van der Waals surface area contributed by atoms with E-state index >= 15 is 0 Å². The molecule has 1 aromatic rings. The smallest absolute Gasteiger partial charge is 0.249 e. The number of carbonyl (C=O) groups excluding carboxylic acids is 2. The molecule has 2 amide bonds. The summed E-state index contributed by atoms with van der Waals surface area (Å²) in [6, 6.07) is 3.81. The molecule has 1 aromatic heterocycles. The molecule has 21 heavy (non-hydrogen) atoms. The van der Waals surface area contributed by atoms with Gasteiger partial charge in [0, 0.05) is 11.4 Å². The molecule has 1 saturated carbocycles. The summed E-state index contributed by atoms with van der Waals surface area (Å²) in [4.78, 5) is 28.4. The number of hydrogen-bond acceptors (Lipinski definition) is 3. The highest BCUT2D eigenvalue weighted by atomic mass is 32.1. The number of nitrogens with one attached hydrogen (secondary N) is 1. The lowest BCUT2D eigenvalue weighted by Crippen LogP contribution is -2.69. The van der Waals surface area contributed by atoms with Crippen molar-refractivity contribution in [2.75, 3.05) is 6.54 Å². The van der Waals surface area contributed by atoms with E-state index in [1.807, 2.05) is 17.9 Å². The maximum Gasteiger partial charge on any atom is 0.249 e. The molecule has 0 aromatic carbocycles. The largest absolute Gasteiger partial charge is 0.340 e. The van der Waals surface area contributed by atoms with Crippen LogP contribution < -0.4 is 5.32 Å². The molecule has 0 radical (unpaired) electrons. The van der Waals surface area contributed by atoms with E-state index in [1.165, 1.54) is 4.88 Å². The number of hydrogen-bond donors (Lipinski definition) is 1. The summed E-state index contributed by atoms with van der Waals surface area (Å²) < 4.78 is 0. The minimum atomic E-state index is -0.599. The highest BCUT2D eigenvalue weighted by Crippen LogP contribution is 2.35. The van der Waals surface area contributed by atoms with Crippen LogP contribution in [0.5, 0.6) is 0 Å². The van der Waals surface area contributed by atoms with Crippen LogP contribution in [-0.4, -0.2) is 34.8 Å². The Kier molecular flexibility index (Phi) is 4.02. The molecular weight excluding hydrogens is 284 g/mol. The lowest BCUT2D eigenvalue weighted by molar-refractivity contribution is -0.155. The summed E-state index contributed by atoms with van der Waals surface area (Å²) >= 11 is 1.71. The molecule has 1 N–H and O–H groups in total. The van der Waals surface area contributed by atoms with Gasteiger partial charge in [0.05, 0.1) is 0 Å². The molecule has 1 atom stereocenters. The van der Waals surface area contributed by atoms with Crippen LogP contribution in [0.3, 0.4) is 0 Å². The first-order valence-corrected chi connectivity index (χ1v) is 8.70. The molecular formula is C16H22N2O2S. The fraction of sp³-hybridized carbons (Fsp3) is 0.625. The van der Waals surface area contributed by atoms with Crippen LogP contribution >= 0.6 is 11.3 Å². The minimum Gasteiger partial charge on any atom is -0.340 e. The van der Waals surface area contributed by atoms with Crippen molar-refractivity contribution in [1.82, 2.24) is 10.2 Å². The van der Waals surface area contributed by atoms with Crippen molar-refractivity contribution in [2.45, 2.75) is 57.0 Å². The second-order valence-corrected chi connectivity index (χ2v) is 7.06. The Balaban J connectivity index is 1.79. The molecule has 5 heteroatoms. The molecule has 3 rings (SSSR count). The average molecular weight is 306 g/mol. The highest BCUT2D eigenvalue weighted by molar-refractivity contribution is 7.09. The summed E-state index contributed by atoms with van der Waals surface area (Å²) in [5, 5.41) is 5.09. The first kappa shape index (κ1) is 14.6. The summed E-state index contributed by atoms with van der Waals surface area (Å²) in [6.45, 7) is 2.62. The van der Waals surface area contributed by atoms with Gasteiger partial charge in [-0.3, -0.25) is 9.59 Å². The third-order valence-electron chi connectivity index (χ3n) is 4.73. The number of piperazine rings is 1. The Hall–Kier alpha value is -1.36. The molecule has 1 unspecified atom stereocenters. The summed E-state index contributed by atoms with van der Waals surface area (Å²) in [5.41, 5.74) is -0.599. The van der Waals surface area contributed by atoms with Crippen molar-refractivity contribution in [1.29, 1.82) is 0 Å². The monoisotopic (exact) mass is 306 g/mol. The fourth-order valence-electron chi connectivity index (χ4n) is 3.60. The summed E-state index contributed by atoms with van der Waals surface area (Å²) in [7, 11) is 0. The third kappa shape index (κ3) is 2.59. The maximum atomic E-state index is 12.9. The highest BCUT2D eigenvalue weighted by Gasteiger charge is 2.51. The van der Waals surface area contributed by atoms with Gasteiger partial charge >= 0.3 is 0 Å². The molecule has 2 aliphatic rings. The second kappa shape index (κ2) is 5.79. The normalized spacial score (nSPS) is 24.6. The first-order chi connectivity index (χ1) is 10.2. The van der Waals surface area contributed by atoms with Crippen molar-refractivity contribution < 1.29 is 9.59 Å². The number of nitrogens with zero attached hydrogens (tertiary/aromatic N) is 1. The van der Waals surface area contributed by atoms with E-state index in [0.29, 0.717) is 13.0 Å². The quantitative estimate of drug-likeness (QED) is 0.928. The van der Waals surface area contributed by atoms with E-state index in [0.717, 1.165) is 32.1 Å². The van der Waals surface area contributed by atoms with Gasteiger partial charge in [-0.05, 0) is 37.1 Å². The van der Waals surface area contributed by atoms with E-state index in [4.69, 9.17) is 0 Å². The summed E-state index contributed by atoms with van der Waals surface area (Å²) in [5.74, 6) is 0.174. The zero-order valence-electron chi connectivity index (χ0n) is 12.4. The Labute approximate surface area is 129 Å². The van der Waals surface area contributed by atoms with Crippen molar-refractivity contribution >= 4 is 23.2 Å². The molecule has 1 aliphatic heterocycles. The van der Waals surface area contributed by atoms with E-state index in [-0.39, 0.29) is 17.9 Å². The Morgan fingerprint density at radius 2 is 2.14 bits per heavy atom. The molecule has 1 spiro atoms. The van der Waals surface area contributed by atoms with Gasteiger partial charge < -0.3 is 10.2 Å².